The highest BCUT2D eigenvalue weighted by Gasteiger charge is 2.21. The number of benzene rings is 3. The number of carbonyl (C=O) groups excluding carboxylic acids is 1. The Kier molecular flexibility index (Phi) is 8.20. The number of rotatable bonds is 8. The number of nitro groups is 1. The number of hydrogen-bond donors (Lipinski definition) is 1. The summed E-state index contributed by atoms with van der Waals surface area (Å²) in [4.78, 5) is 35.1. The van der Waals surface area contributed by atoms with Crippen LogP contribution in [0.2, 0.25) is 0 Å². The molecule has 39 heavy (non-hydrogen) atoms. The summed E-state index contributed by atoms with van der Waals surface area (Å²) in [6.07, 6.45) is 1.63. The third-order valence-electron chi connectivity index (χ3n) is 6.34. The van der Waals surface area contributed by atoms with Crippen molar-refractivity contribution in [3.63, 3.8) is 0 Å². The molecule has 1 N–H and O–H groups in total. The van der Waals surface area contributed by atoms with Gasteiger partial charge in [-0.2, -0.15) is 0 Å². The van der Waals surface area contributed by atoms with E-state index in [0.717, 1.165) is 37.1 Å². The number of ether oxygens (including phenoxy) is 1. The predicted molar refractivity (Wildman–Crippen MR) is 158 cm³/mol. The summed E-state index contributed by atoms with van der Waals surface area (Å²) in [5.41, 5.74) is 5.78. The van der Waals surface area contributed by atoms with Crippen molar-refractivity contribution >= 4 is 68.2 Å². The average molecular weight is 562 g/mol. The number of nitro benzene ring substituents is 1. The molecule has 0 unspecified atom stereocenters. The standard InChI is InChI=1S/C28H27N5O4S2/c1-18-4-3-5-19(2)27(18)31-26(34)17-38-28-30-22-8-7-21(15-25(22)39-28)29-16-20-6-9-23(24(14-20)33(35)36)32-10-12-37-13-11-32/h3-9,14-16H,10-13,17H2,1-2H3,(H,31,34). The van der Waals surface area contributed by atoms with Gasteiger partial charge in [0.25, 0.3) is 5.69 Å². The quantitative estimate of drug-likeness (QED) is 0.119. The lowest BCUT2D eigenvalue weighted by molar-refractivity contribution is -0.384. The number of hydrogen-bond acceptors (Lipinski definition) is 9. The molecular formula is C28H27N5O4S2. The van der Waals surface area contributed by atoms with Gasteiger partial charge in [0.05, 0.1) is 39.8 Å². The molecule has 0 radical (unpaired) electrons. The smallest absolute Gasteiger partial charge is 0.293 e. The van der Waals surface area contributed by atoms with Crippen LogP contribution < -0.4 is 10.2 Å². The van der Waals surface area contributed by atoms with E-state index in [4.69, 9.17) is 4.74 Å². The summed E-state index contributed by atoms with van der Waals surface area (Å²) < 4.78 is 7.12. The summed E-state index contributed by atoms with van der Waals surface area (Å²) in [6.45, 7) is 6.32. The van der Waals surface area contributed by atoms with E-state index >= 15 is 0 Å². The highest BCUT2D eigenvalue weighted by Crippen LogP contribution is 2.33. The van der Waals surface area contributed by atoms with Gasteiger partial charge in [-0.3, -0.25) is 19.9 Å². The lowest BCUT2D eigenvalue weighted by Crippen LogP contribution is -2.36. The van der Waals surface area contributed by atoms with E-state index in [-0.39, 0.29) is 22.3 Å². The molecule has 200 valence electrons. The predicted octanol–water partition coefficient (Wildman–Crippen LogP) is 6.14. The maximum absolute atomic E-state index is 12.5. The van der Waals surface area contributed by atoms with Crippen molar-refractivity contribution in [2.24, 2.45) is 4.99 Å². The maximum atomic E-state index is 12.5. The number of carbonyl (C=O) groups is 1. The van der Waals surface area contributed by atoms with Crippen LogP contribution in [-0.4, -0.2) is 54.1 Å². The van der Waals surface area contributed by atoms with Crippen molar-refractivity contribution in [1.29, 1.82) is 0 Å². The second-order valence-electron chi connectivity index (χ2n) is 9.10. The first-order valence-electron chi connectivity index (χ1n) is 12.4. The van der Waals surface area contributed by atoms with Gasteiger partial charge in [0, 0.05) is 31.1 Å². The first kappa shape index (κ1) is 26.8. The molecule has 5 rings (SSSR count). The topological polar surface area (TPSA) is 110 Å². The Hall–Kier alpha value is -3.80. The first-order chi connectivity index (χ1) is 18.9. The summed E-state index contributed by atoms with van der Waals surface area (Å²) in [5, 5.41) is 14.7. The number of fused-ring (bicyclic) bond motifs is 1. The van der Waals surface area contributed by atoms with Crippen LogP contribution in [-0.2, 0) is 9.53 Å². The SMILES string of the molecule is Cc1cccc(C)c1NC(=O)CSc1nc2ccc(N=Cc3ccc(N4CCOCC4)c([N+](=O)[O-])c3)cc2s1. The molecule has 1 saturated heterocycles. The number of nitrogens with one attached hydrogen (secondary N) is 1. The fourth-order valence-electron chi connectivity index (χ4n) is 4.34. The molecule has 0 saturated carbocycles. The largest absolute Gasteiger partial charge is 0.378 e. The third-order valence-corrected chi connectivity index (χ3v) is 8.50. The lowest BCUT2D eigenvalue weighted by atomic mass is 10.1. The zero-order chi connectivity index (χ0) is 27.4. The van der Waals surface area contributed by atoms with Crippen molar-refractivity contribution < 1.29 is 14.5 Å². The number of morpholine rings is 1. The number of aromatic nitrogens is 1. The Morgan fingerprint density at radius 1 is 1.18 bits per heavy atom. The van der Waals surface area contributed by atoms with Crippen LogP contribution in [0.4, 0.5) is 22.7 Å². The molecule has 1 amide bonds. The van der Waals surface area contributed by atoms with Crippen LogP contribution in [0.5, 0.6) is 0 Å². The van der Waals surface area contributed by atoms with Crippen LogP contribution in [0.1, 0.15) is 16.7 Å². The average Bonchev–Trinajstić information content (AvgIpc) is 3.35. The molecule has 11 heteroatoms. The minimum atomic E-state index is -0.354. The van der Waals surface area contributed by atoms with Crippen molar-refractivity contribution in [3.05, 3.63) is 81.4 Å². The van der Waals surface area contributed by atoms with Gasteiger partial charge >= 0.3 is 0 Å². The molecule has 0 aliphatic carbocycles. The fourth-order valence-corrected chi connectivity index (χ4v) is 6.24. The molecule has 9 nitrogen and oxygen atoms in total. The number of amides is 1. The number of aryl methyl sites for hydroxylation is 2. The van der Waals surface area contributed by atoms with Gasteiger partial charge in [-0.05, 0) is 54.8 Å². The van der Waals surface area contributed by atoms with E-state index in [1.54, 1.807) is 18.3 Å². The zero-order valence-corrected chi connectivity index (χ0v) is 23.2. The van der Waals surface area contributed by atoms with E-state index in [0.29, 0.717) is 37.6 Å². The molecule has 0 spiro atoms. The second-order valence-corrected chi connectivity index (χ2v) is 11.4. The molecule has 4 aromatic rings. The Bertz CT molecular complexity index is 1540. The van der Waals surface area contributed by atoms with E-state index < -0.39 is 0 Å². The number of anilines is 2. The normalized spacial score (nSPS) is 13.7. The van der Waals surface area contributed by atoms with Gasteiger partial charge in [-0.25, -0.2) is 4.98 Å². The summed E-state index contributed by atoms with van der Waals surface area (Å²) >= 11 is 2.90. The van der Waals surface area contributed by atoms with Crippen LogP contribution in [0.15, 0.2) is 63.9 Å². The second kappa shape index (κ2) is 11.9. The maximum Gasteiger partial charge on any atom is 0.293 e. The van der Waals surface area contributed by atoms with Crippen LogP contribution in [0, 0.1) is 24.0 Å². The number of nitrogens with zero attached hydrogens (tertiary/aromatic N) is 4. The number of thiazole rings is 1. The van der Waals surface area contributed by atoms with Gasteiger partial charge in [0.15, 0.2) is 4.34 Å². The molecule has 1 aromatic heterocycles. The summed E-state index contributed by atoms with van der Waals surface area (Å²) in [5.74, 6) is 0.188. The fraction of sp³-hybridized carbons (Fsp3) is 0.250. The Morgan fingerprint density at radius 2 is 1.95 bits per heavy atom. The van der Waals surface area contributed by atoms with Crippen molar-refractivity contribution in [2.45, 2.75) is 18.2 Å². The van der Waals surface area contributed by atoms with Gasteiger partial charge < -0.3 is 15.0 Å². The monoisotopic (exact) mass is 561 g/mol. The molecule has 1 aliphatic rings. The van der Waals surface area contributed by atoms with Crippen LogP contribution in [0.3, 0.4) is 0 Å². The van der Waals surface area contributed by atoms with E-state index in [2.05, 4.69) is 15.3 Å². The number of thioether (sulfide) groups is 1. The molecular weight excluding hydrogens is 534 g/mol. The molecule has 1 aliphatic heterocycles. The van der Waals surface area contributed by atoms with E-state index in [9.17, 15) is 14.9 Å². The van der Waals surface area contributed by atoms with Crippen molar-refractivity contribution in [1.82, 2.24) is 4.98 Å². The lowest BCUT2D eigenvalue weighted by Gasteiger charge is -2.28. The van der Waals surface area contributed by atoms with Gasteiger partial charge in [0.1, 0.15) is 5.69 Å². The Balaban J connectivity index is 1.25. The summed E-state index contributed by atoms with van der Waals surface area (Å²) in [7, 11) is 0. The number of para-hydroxylation sites is 1. The van der Waals surface area contributed by atoms with E-state index in [1.165, 1.54) is 23.1 Å². The number of aliphatic imine (C=N–C) groups is 1. The highest BCUT2D eigenvalue weighted by molar-refractivity contribution is 8.01. The molecule has 2 heterocycles. The molecule has 1 fully saturated rings. The molecule has 0 bridgehead atoms. The van der Waals surface area contributed by atoms with Crippen molar-refractivity contribution in [2.75, 3.05) is 42.3 Å². The van der Waals surface area contributed by atoms with Gasteiger partial charge in [-0.15, -0.1) is 11.3 Å². The minimum absolute atomic E-state index is 0.0575. The van der Waals surface area contributed by atoms with Gasteiger partial charge in [-0.1, -0.05) is 36.0 Å². The highest BCUT2D eigenvalue weighted by atomic mass is 32.2. The van der Waals surface area contributed by atoms with Crippen molar-refractivity contribution in [3.8, 4) is 0 Å². The first-order valence-corrected chi connectivity index (χ1v) is 14.2. The minimum Gasteiger partial charge on any atom is -0.378 e. The van der Waals surface area contributed by atoms with Crippen LogP contribution >= 0.6 is 23.1 Å². The Labute approximate surface area is 234 Å². The zero-order valence-electron chi connectivity index (χ0n) is 21.5. The summed E-state index contributed by atoms with van der Waals surface area (Å²) in [6, 6.07) is 16.8. The molecule has 0 atom stereocenters. The van der Waals surface area contributed by atoms with Gasteiger partial charge in [0.2, 0.25) is 5.91 Å². The van der Waals surface area contributed by atoms with E-state index in [1.807, 2.05) is 61.2 Å². The Morgan fingerprint density at radius 3 is 2.69 bits per heavy atom. The molecule has 3 aromatic carbocycles. The third kappa shape index (κ3) is 6.44. The van der Waals surface area contributed by atoms with Crippen LogP contribution in [0.25, 0.3) is 10.2 Å².